The van der Waals surface area contributed by atoms with Crippen LogP contribution in [0.3, 0.4) is 0 Å². The highest BCUT2D eigenvalue weighted by atomic mass is 35.5. The quantitative estimate of drug-likeness (QED) is 0.570. The molecule has 1 rings (SSSR count). The Labute approximate surface area is 135 Å². The summed E-state index contributed by atoms with van der Waals surface area (Å²) in [6.07, 6.45) is 0. The minimum atomic E-state index is -3.82. The fourth-order valence-corrected chi connectivity index (χ4v) is 3.01. The zero-order valence-corrected chi connectivity index (χ0v) is 14.1. The van der Waals surface area contributed by atoms with Gasteiger partial charge in [-0.3, -0.25) is 0 Å². The maximum absolute atomic E-state index is 12.2. The lowest BCUT2D eigenvalue weighted by Gasteiger charge is -2.11. The molecule has 1 aromatic carbocycles. The second kappa shape index (κ2) is 9.22. The third-order valence-electron chi connectivity index (χ3n) is 2.48. The number of likely N-dealkylation sites (N-methyl/N-ethyl adjacent to an activating group) is 1. The molecule has 0 fully saturated rings. The molecule has 0 radical (unpaired) electrons. The number of rotatable bonds is 7. The predicted molar refractivity (Wildman–Crippen MR) is 83.8 cm³/mol. The standard InChI is InChI=1S/C12H17ClN2O4S.ClH/c1-3-14-6-7-15-20(17,18)11-8-9(13)4-5-10(11)12(16)19-2;/h4-5,8,14-15H,3,6-7H2,1-2H3;1H. The van der Waals surface area contributed by atoms with Crippen LogP contribution in [0.4, 0.5) is 0 Å². The summed E-state index contributed by atoms with van der Waals surface area (Å²) in [5.41, 5.74) is -0.0483. The molecule has 0 aliphatic carbocycles. The van der Waals surface area contributed by atoms with E-state index in [9.17, 15) is 13.2 Å². The molecule has 6 nitrogen and oxygen atoms in total. The fraction of sp³-hybridized carbons (Fsp3) is 0.417. The Bertz CT molecular complexity index is 579. The van der Waals surface area contributed by atoms with Crippen LogP contribution in [0.1, 0.15) is 17.3 Å². The molecule has 0 aliphatic heterocycles. The van der Waals surface area contributed by atoms with Gasteiger partial charge in [-0.2, -0.15) is 0 Å². The number of benzene rings is 1. The predicted octanol–water partition coefficient (Wildman–Crippen LogP) is 1.44. The summed E-state index contributed by atoms with van der Waals surface area (Å²) in [6.45, 7) is 3.36. The molecular weight excluding hydrogens is 339 g/mol. The second-order valence-corrected chi connectivity index (χ2v) is 6.06. The Kier molecular flexibility index (Phi) is 8.84. The Morgan fingerprint density at radius 3 is 2.57 bits per heavy atom. The van der Waals surface area contributed by atoms with Crippen molar-refractivity contribution in [2.45, 2.75) is 11.8 Å². The summed E-state index contributed by atoms with van der Waals surface area (Å²) in [5.74, 6) is -0.728. The number of carbonyl (C=O) groups is 1. The van der Waals surface area contributed by atoms with E-state index < -0.39 is 16.0 Å². The summed E-state index contributed by atoms with van der Waals surface area (Å²) in [7, 11) is -2.64. The summed E-state index contributed by atoms with van der Waals surface area (Å²) in [4.78, 5) is 11.4. The first-order valence-electron chi connectivity index (χ1n) is 6.00. The van der Waals surface area contributed by atoms with Crippen molar-refractivity contribution in [3.8, 4) is 0 Å². The molecule has 0 atom stereocenters. The molecule has 0 saturated heterocycles. The van der Waals surface area contributed by atoms with E-state index in [0.717, 1.165) is 6.54 Å². The van der Waals surface area contributed by atoms with E-state index in [1.54, 1.807) is 0 Å². The van der Waals surface area contributed by atoms with Gasteiger partial charge >= 0.3 is 5.97 Å². The third-order valence-corrected chi connectivity index (χ3v) is 4.22. The maximum atomic E-state index is 12.2. The van der Waals surface area contributed by atoms with E-state index >= 15 is 0 Å². The first-order chi connectivity index (χ1) is 9.42. The summed E-state index contributed by atoms with van der Waals surface area (Å²) in [5, 5.41) is 3.21. The van der Waals surface area contributed by atoms with Gasteiger partial charge in [0.1, 0.15) is 0 Å². The van der Waals surface area contributed by atoms with Crippen LogP contribution in [-0.4, -0.2) is 41.1 Å². The van der Waals surface area contributed by atoms with Gasteiger partial charge < -0.3 is 10.1 Å². The first-order valence-corrected chi connectivity index (χ1v) is 7.86. The number of sulfonamides is 1. The van der Waals surface area contributed by atoms with Crippen LogP contribution in [0.2, 0.25) is 5.02 Å². The summed E-state index contributed by atoms with van der Waals surface area (Å²) < 4.78 is 31.3. The normalized spacial score (nSPS) is 10.8. The Morgan fingerprint density at radius 1 is 1.33 bits per heavy atom. The first kappa shape index (κ1) is 20.1. The number of hydrogen-bond acceptors (Lipinski definition) is 5. The van der Waals surface area contributed by atoms with Gasteiger partial charge in [-0.1, -0.05) is 18.5 Å². The van der Waals surface area contributed by atoms with Gasteiger partial charge in [0.05, 0.1) is 17.6 Å². The molecule has 0 bridgehead atoms. The lowest BCUT2D eigenvalue weighted by Crippen LogP contribution is -2.32. The van der Waals surface area contributed by atoms with Crippen LogP contribution in [0.5, 0.6) is 0 Å². The molecule has 0 amide bonds. The van der Waals surface area contributed by atoms with Crippen LogP contribution in [0, 0.1) is 0 Å². The van der Waals surface area contributed by atoms with Crippen molar-refractivity contribution in [2.24, 2.45) is 0 Å². The number of carbonyl (C=O) groups excluding carboxylic acids is 1. The number of ether oxygens (including phenoxy) is 1. The van der Waals surface area contributed by atoms with Gasteiger partial charge in [-0.05, 0) is 24.7 Å². The van der Waals surface area contributed by atoms with Crippen LogP contribution < -0.4 is 10.0 Å². The van der Waals surface area contributed by atoms with Crippen molar-refractivity contribution >= 4 is 40.0 Å². The second-order valence-electron chi connectivity index (χ2n) is 3.88. The lowest BCUT2D eigenvalue weighted by molar-refractivity contribution is 0.0596. The van der Waals surface area contributed by atoms with Crippen molar-refractivity contribution in [3.63, 3.8) is 0 Å². The van der Waals surface area contributed by atoms with Gasteiger partial charge in [0.15, 0.2) is 0 Å². The van der Waals surface area contributed by atoms with Crippen molar-refractivity contribution in [1.29, 1.82) is 0 Å². The van der Waals surface area contributed by atoms with Gasteiger partial charge in [-0.25, -0.2) is 17.9 Å². The molecule has 0 saturated carbocycles. The van der Waals surface area contributed by atoms with Crippen LogP contribution >= 0.6 is 24.0 Å². The van der Waals surface area contributed by atoms with Gasteiger partial charge in [0.25, 0.3) is 0 Å². The molecule has 120 valence electrons. The summed E-state index contributed by atoms with van der Waals surface area (Å²) in [6, 6.07) is 3.99. The Hall–Kier alpha value is -0.860. The largest absolute Gasteiger partial charge is 0.465 e. The van der Waals surface area contributed by atoms with Crippen molar-refractivity contribution in [2.75, 3.05) is 26.7 Å². The van der Waals surface area contributed by atoms with E-state index in [4.69, 9.17) is 11.6 Å². The van der Waals surface area contributed by atoms with E-state index in [1.807, 2.05) is 6.92 Å². The average Bonchev–Trinajstić information content (AvgIpc) is 2.42. The fourth-order valence-electron chi connectivity index (χ4n) is 1.53. The van der Waals surface area contributed by atoms with Gasteiger partial charge in [0, 0.05) is 18.1 Å². The van der Waals surface area contributed by atoms with Crippen molar-refractivity contribution in [1.82, 2.24) is 10.0 Å². The van der Waals surface area contributed by atoms with Gasteiger partial charge in [0.2, 0.25) is 10.0 Å². The minimum absolute atomic E-state index is 0. The Morgan fingerprint density at radius 2 is 2.00 bits per heavy atom. The van der Waals surface area contributed by atoms with E-state index in [2.05, 4.69) is 14.8 Å². The Balaban J connectivity index is 0.00000400. The number of methoxy groups -OCH3 is 1. The van der Waals surface area contributed by atoms with Crippen molar-refractivity contribution < 1.29 is 17.9 Å². The monoisotopic (exact) mass is 356 g/mol. The number of nitrogens with one attached hydrogen (secondary N) is 2. The summed E-state index contributed by atoms with van der Waals surface area (Å²) >= 11 is 5.80. The number of esters is 1. The zero-order chi connectivity index (χ0) is 15.2. The molecule has 21 heavy (non-hydrogen) atoms. The minimum Gasteiger partial charge on any atom is -0.465 e. The van der Waals surface area contributed by atoms with Gasteiger partial charge in [-0.15, -0.1) is 12.4 Å². The molecule has 0 unspecified atom stereocenters. The molecule has 0 heterocycles. The molecule has 2 N–H and O–H groups in total. The maximum Gasteiger partial charge on any atom is 0.339 e. The highest BCUT2D eigenvalue weighted by Gasteiger charge is 2.23. The zero-order valence-electron chi connectivity index (χ0n) is 11.7. The average molecular weight is 357 g/mol. The van der Waals surface area contributed by atoms with E-state index in [-0.39, 0.29) is 34.4 Å². The highest BCUT2D eigenvalue weighted by molar-refractivity contribution is 7.89. The molecule has 0 aliphatic rings. The molecule has 1 aromatic rings. The third kappa shape index (κ3) is 5.80. The van der Waals surface area contributed by atoms with E-state index in [0.29, 0.717) is 6.54 Å². The number of hydrogen-bond donors (Lipinski definition) is 2. The van der Waals surface area contributed by atoms with E-state index in [1.165, 1.54) is 25.3 Å². The topological polar surface area (TPSA) is 84.5 Å². The smallest absolute Gasteiger partial charge is 0.339 e. The molecule has 0 aromatic heterocycles. The SMILES string of the molecule is CCNCCNS(=O)(=O)c1cc(Cl)ccc1C(=O)OC.Cl. The number of halogens is 2. The van der Waals surface area contributed by atoms with Crippen LogP contribution in [-0.2, 0) is 14.8 Å². The molecular formula is C12H18Cl2N2O4S. The highest BCUT2D eigenvalue weighted by Crippen LogP contribution is 2.21. The van der Waals surface area contributed by atoms with Crippen molar-refractivity contribution in [3.05, 3.63) is 28.8 Å². The molecule has 0 spiro atoms. The lowest BCUT2D eigenvalue weighted by atomic mass is 10.2. The van der Waals surface area contributed by atoms with Crippen LogP contribution in [0.15, 0.2) is 23.1 Å². The van der Waals surface area contributed by atoms with Crippen LogP contribution in [0.25, 0.3) is 0 Å². The molecule has 9 heteroatoms.